The molecule has 3 heterocycles. The van der Waals surface area contributed by atoms with Crippen LogP contribution in [-0.4, -0.2) is 22.3 Å². The van der Waals surface area contributed by atoms with Crippen LogP contribution in [0.25, 0.3) is 10.2 Å². The largest absolute Gasteiger partial charge is 0.333 e. The Bertz CT molecular complexity index is 776. The fourth-order valence-corrected chi connectivity index (χ4v) is 5.00. The Hall–Kier alpha value is -1.72. The molecule has 1 amide bonds. The number of nitrogens with zero attached hydrogens (tertiary/aromatic N) is 2. The molecule has 0 bridgehead atoms. The van der Waals surface area contributed by atoms with Crippen LogP contribution in [-0.2, 0) is 11.2 Å². The second-order valence-corrected chi connectivity index (χ2v) is 7.74. The van der Waals surface area contributed by atoms with E-state index in [1.807, 2.05) is 23.1 Å². The summed E-state index contributed by atoms with van der Waals surface area (Å²) >= 11 is 3.42. The van der Waals surface area contributed by atoms with Crippen LogP contribution >= 0.6 is 22.7 Å². The van der Waals surface area contributed by atoms with Crippen LogP contribution in [0.4, 0.5) is 0 Å². The molecule has 1 atom stereocenters. The number of fused-ring (bicyclic) bond motifs is 1. The van der Waals surface area contributed by atoms with Crippen molar-refractivity contribution < 1.29 is 4.79 Å². The topological polar surface area (TPSA) is 33.2 Å². The van der Waals surface area contributed by atoms with Gasteiger partial charge in [-0.05, 0) is 53.8 Å². The van der Waals surface area contributed by atoms with Gasteiger partial charge in [0.05, 0.1) is 16.3 Å². The summed E-state index contributed by atoms with van der Waals surface area (Å²) in [6.07, 6.45) is 3.54. The maximum atomic E-state index is 12.6. The predicted molar refractivity (Wildman–Crippen MR) is 95.9 cm³/mol. The minimum absolute atomic E-state index is 0.169. The quantitative estimate of drug-likeness (QED) is 0.691. The number of aromatic nitrogens is 1. The third-order valence-electron chi connectivity index (χ3n) is 4.38. The molecule has 2 aromatic heterocycles. The van der Waals surface area contributed by atoms with Gasteiger partial charge in [-0.25, -0.2) is 4.98 Å². The van der Waals surface area contributed by atoms with Crippen molar-refractivity contribution in [1.82, 2.24) is 9.88 Å². The SMILES string of the molecule is O=C(CCc1ccsc1)N1CCCC1c1nc2ccccc2s1. The van der Waals surface area contributed by atoms with Gasteiger partial charge in [0.2, 0.25) is 5.91 Å². The molecule has 0 aliphatic carbocycles. The summed E-state index contributed by atoms with van der Waals surface area (Å²) in [6, 6.07) is 10.5. The minimum Gasteiger partial charge on any atom is -0.333 e. The first-order valence-electron chi connectivity index (χ1n) is 7.97. The van der Waals surface area contributed by atoms with Crippen molar-refractivity contribution in [1.29, 1.82) is 0 Å². The monoisotopic (exact) mass is 342 g/mol. The van der Waals surface area contributed by atoms with Gasteiger partial charge >= 0.3 is 0 Å². The standard InChI is InChI=1S/C18H18N2OS2/c21-17(8-7-13-9-11-22-12-13)20-10-3-5-15(20)18-19-14-4-1-2-6-16(14)23-18/h1-2,4,6,9,11-12,15H,3,5,7-8,10H2. The normalized spacial score (nSPS) is 17.9. The lowest BCUT2D eigenvalue weighted by atomic mass is 10.1. The van der Waals surface area contributed by atoms with Gasteiger partial charge in [-0.1, -0.05) is 12.1 Å². The van der Waals surface area contributed by atoms with E-state index in [1.54, 1.807) is 22.7 Å². The van der Waals surface area contributed by atoms with Crippen LogP contribution in [0, 0.1) is 0 Å². The summed E-state index contributed by atoms with van der Waals surface area (Å²) in [5, 5.41) is 5.29. The zero-order chi connectivity index (χ0) is 15.6. The second-order valence-electron chi connectivity index (χ2n) is 5.90. The van der Waals surface area contributed by atoms with E-state index in [4.69, 9.17) is 4.98 Å². The van der Waals surface area contributed by atoms with E-state index in [0.717, 1.165) is 36.3 Å². The van der Waals surface area contributed by atoms with Gasteiger partial charge in [-0.2, -0.15) is 11.3 Å². The number of hydrogen-bond acceptors (Lipinski definition) is 4. The third kappa shape index (κ3) is 3.03. The first-order chi connectivity index (χ1) is 11.3. The summed E-state index contributed by atoms with van der Waals surface area (Å²) in [4.78, 5) is 19.5. The number of benzene rings is 1. The molecule has 118 valence electrons. The van der Waals surface area contributed by atoms with Gasteiger partial charge in [-0.15, -0.1) is 11.3 Å². The molecule has 1 saturated heterocycles. The highest BCUT2D eigenvalue weighted by molar-refractivity contribution is 7.18. The van der Waals surface area contributed by atoms with E-state index in [9.17, 15) is 4.79 Å². The number of thiazole rings is 1. The van der Waals surface area contributed by atoms with Crippen molar-refractivity contribution in [3.8, 4) is 0 Å². The third-order valence-corrected chi connectivity index (χ3v) is 6.25. The van der Waals surface area contributed by atoms with Crippen molar-refractivity contribution in [2.75, 3.05) is 6.54 Å². The first-order valence-corrected chi connectivity index (χ1v) is 9.73. The highest BCUT2D eigenvalue weighted by atomic mass is 32.1. The molecule has 1 fully saturated rings. The highest BCUT2D eigenvalue weighted by Crippen LogP contribution is 2.36. The number of thiophene rings is 1. The lowest BCUT2D eigenvalue weighted by Gasteiger charge is -2.23. The number of rotatable bonds is 4. The van der Waals surface area contributed by atoms with E-state index in [-0.39, 0.29) is 11.9 Å². The van der Waals surface area contributed by atoms with Crippen LogP contribution in [0.3, 0.4) is 0 Å². The van der Waals surface area contributed by atoms with Gasteiger partial charge in [0.15, 0.2) is 0 Å². The highest BCUT2D eigenvalue weighted by Gasteiger charge is 2.31. The maximum absolute atomic E-state index is 12.6. The molecule has 4 rings (SSSR count). The molecule has 3 nitrogen and oxygen atoms in total. The zero-order valence-electron chi connectivity index (χ0n) is 12.8. The van der Waals surface area contributed by atoms with Crippen molar-refractivity contribution in [2.24, 2.45) is 0 Å². The Kier molecular flexibility index (Phi) is 4.14. The summed E-state index contributed by atoms with van der Waals surface area (Å²) in [5.41, 5.74) is 2.31. The number of amides is 1. The Morgan fingerprint density at radius 1 is 1.30 bits per heavy atom. The molecule has 0 saturated carbocycles. The summed E-state index contributed by atoms with van der Waals surface area (Å²) < 4.78 is 1.21. The fraction of sp³-hybridized carbons (Fsp3) is 0.333. The van der Waals surface area contributed by atoms with Crippen LogP contribution in [0.1, 0.15) is 35.9 Å². The zero-order valence-corrected chi connectivity index (χ0v) is 14.4. The van der Waals surface area contributed by atoms with Crippen molar-refractivity contribution in [2.45, 2.75) is 31.7 Å². The summed E-state index contributed by atoms with van der Waals surface area (Å²) in [6.45, 7) is 0.864. The van der Waals surface area contributed by atoms with Crippen LogP contribution in [0.15, 0.2) is 41.1 Å². The Morgan fingerprint density at radius 3 is 3.04 bits per heavy atom. The number of aryl methyl sites for hydroxylation is 1. The molecule has 0 radical (unpaired) electrons. The second kappa shape index (κ2) is 6.42. The molecule has 1 aromatic carbocycles. The number of carbonyl (C=O) groups is 1. The van der Waals surface area contributed by atoms with Gasteiger partial charge in [0, 0.05) is 13.0 Å². The predicted octanol–water partition coefficient (Wildman–Crippen LogP) is 4.65. The van der Waals surface area contributed by atoms with Crippen LogP contribution < -0.4 is 0 Å². The molecule has 5 heteroatoms. The average molecular weight is 342 g/mol. The summed E-state index contributed by atoms with van der Waals surface area (Å²) in [5.74, 6) is 0.262. The molecular formula is C18H18N2OS2. The molecule has 1 unspecified atom stereocenters. The van der Waals surface area contributed by atoms with Crippen molar-refractivity contribution >= 4 is 38.8 Å². The number of carbonyl (C=O) groups excluding carboxylic acids is 1. The number of likely N-dealkylation sites (tertiary alicyclic amines) is 1. The van der Waals surface area contributed by atoms with E-state index < -0.39 is 0 Å². The average Bonchev–Trinajstić information content (AvgIpc) is 3.31. The molecule has 0 spiro atoms. The lowest BCUT2D eigenvalue weighted by Crippen LogP contribution is -2.30. The van der Waals surface area contributed by atoms with E-state index in [1.165, 1.54) is 10.3 Å². The molecule has 23 heavy (non-hydrogen) atoms. The van der Waals surface area contributed by atoms with Gasteiger partial charge in [-0.3, -0.25) is 4.79 Å². The molecule has 0 N–H and O–H groups in total. The fourth-order valence-electron chi connectivity index (χ4n) is 3.18. The molecule has 1 aliphatic heterocycles. The Morgan fingerprint density at radius 2 is 2.22 bits per heavy atom. The van der Waals surface area contributed by atoms with Gasteiger partial charge in [0.1, 0.15) is 5.01 Å². The molecular weight excluding hydrogens is 324 g/mol. The number of para-hydroxylation sites is 1. The van der Waals surface area contributed by atoms with E-state index in [2.05, 4.69) is 22.9 Å². The number of hydrogen-bond donors (Lipinski definition) is 0. The molecule has 1 aliphatic rings. The summed E-state index contributed by atoms with van der Waals surface area (Å²) in [7, 11) is 0. The van der Waals surface area contributed by atoms with Gasteiger partial charge < -0.3 is 4.90 Å². The smallest absolute Gasteiger partial charge is 0.223 e. The van der Waals surface area contributed by atoms with Crippen molar-refractivity contribution in [3.63, 3.8) is 0 Å². The van der Waals surface area contributed by atoms with Crippen LogP contribution in [0.5, 0.6) is 0 Å². The van der Waals surface area contributed by atoms with E-state index in [0.29, 0.717) is 6.42 Å². The van der Waals surface area contributed by atoms with Crippen LogP contribution in [0.2, 0.25) is 0 Å². The lowest BCUT2D eigenvalue weighted by molar-refractivity contribution is -0.132. The first kappa shape index (κ1) is 14.8. The maximum Gasteiger partial charge on any atom is 0.223 e. The van der Waals surface area contributed by atoms with Gasteiger partial charge in [0.25, 0.3) is 0 Å². The Balaban J connectivity index is 1.50. The van der Waals surface area contributed by atoms with Crippen molar-refractivity contribution in [3.05, 3.63) is 51.7 Å². The van der Waals surface area contributed by atoms with E-state index >= 15 is 0 Å². The Labute approximate surface area is 143 Å². The minimum atomic E-state index is 0.169. The molecule has 3 aromatic rings.